The molecule has 1 saturated heterocycles. The summed E-state index contributed by atoms with van der Waals surface area (Å²) in [6, 6.07) is 3.46. The molecular weight excluding hydrogens is 225 g/mol. The molecule has 1 aliphatic rings. The van der Waals surface area contributed by atoms with Crippen LogP contribution in [0.3, 0.4) is 0 Å². The fourth-order valence-electron chi connectivity index (χ4n) is 2.09. The average molecular weight is 239 g/mol. The lowest BCUT2D eigenvalue weighted by molar-refractivity contribution is -0.384. The Bertz CT molecular complexity index is 442. The van der Waals surface area contributed by atoms with E-state index in [0.29, 0.717) is 18.8 Å². The van der Waals surface area contributed by atoms with Crippen molar-refractivity contribution < 1.29 is 9.31 Å². The van der Waals surface area contributed by atoms with Gasteiger partial charge in [-0.3, -0.25) is 10.1 Å². The molecule has 1 aromatic rings. The van der Waals surface area contributed by atoms with Crippen LogP contribution >= 0.6 is 0 Å². The Morgan fingerprint density at radius 2 is 2.24 bits per heavy atom. The standard InChI is InChI=1S/C11H14FN3O2/c1-7-5-14(6-9(7)13)11-4-8(12)2-3-10(11)15(16)17/h2-4,7,9H,5-6,13H2,1H3. The van der Waals surface area contributed by atoms with Crippen molar-refractivity contribution in [3.05, 3.63) is 34.1 Å². The van der Waals surface area contributed by atoms with Crippen LogP contribution in [0.4, 0.5) is 15.8 Å². The molecule has 2 unspecified atom stereocenters. The van der Waals surface area contributed by atoms with E-state index in [4.69, 9.17) is 5.73 Å². The van der Waals surface area contributed by atoms with Crippen molar-refractivity contribution in [3.63, 3.8) is 0 Å². The van der Waals surface area contributed by atoms with Crippen LogP contribution in [0, 0.1) is 21.8 Å². The van der Waals surface area contributed by atoms with E-state index in [1.54, 1.807) is 4.90 Å². The van der Waals surface area contributed by atoms with Crippen molar-refractivity contribution >= 4 is 11.4 Å². The van der Waals surface area contributed by atoms with Gasteiger partial charge in [-0.15, -0.1) is 0 Å². The van der Waals surface area contributed by atoms with Crippen LogP contribution in [-0.4, -0.2) is 24.1 Å². The Morgan fingerprint density at radius 1 is 1.53 bits per heavy atom. The van der Waals surface area contributed by atoms with Crippen LogP contribution < -0.4 is 10.6 Å². The van der Waals surface area contributed by atoms with E-state index in [2.05, 4.69) is 0 Å². The lowest BCUT2D eigenvalue weighted by atomic mass is 10.1. The molecule has 0 spiro atoms. The molecule has 0 saturated carbocycles. The number of hydrogen-bond acceptors (Lipinski definition) is 4. The molecule has 92 valence electrons. The molecule has 0 aromatic heterocycles. The average Bonchev–Trinajstić information content (AvgIpc) is 2.58. The molecule has 1 aromatic carbocycles. The first-order valence-corrected chi connectivity index (χ1v) is 5.43. The van der Waals surface area contributed by atoms with Gasteiger partial charge in [0.25, 0.3) is 5.69 Å². The van der Waals surface area contributed by atoms with Gasteiger partial charge in [-0.05, 0) is 12.0 Å². The number of nitro groups is 1. The molecule has 0 amide bonds. The minimum absolute atomic E-state index is 0.0297. The lowest BCUT2D eigenvalue weighted by Gasteiger charge is -2.17. The van der Waals surface area contributed by atoms with Gasteiger partial charge < -0.3 is 10.6 Å². The first-order chi connectivity index (χ1) is 7.99. The molecule has 0 bridgehead atoms. The van der Waals surface area contributed by atoms with Crippen LogP contribution in [0.15, 0.2) is 18.2 Å². The minimum atomic E-state index is -0.497. The SMILES string of the molecule is CC1CN(c2cc(F)ccc2[N+](=O)[O-])CC1N. The third kappa shape index (κ3) is 2.21. The fraction of sp³-hybridized carbons (Fsp3) is 0.455. The minimum Gasteiger partial charge on any atom is -0.364 e. The second-order valence-electron chi connectivity index (χ2n) is 4.44. The summed E-state index contributed by atoms with van der Waals surface area (Å²) in [5.41, 5.74) is 6.10. The molecular formula is C11H14FN3O2. The second kappa shape index (κ2) is 4.29. The van der Waals surface area contributed by atoms with Crippen LogP contribution in [0.2, 0.25) is 0 Å². The van der Waals surface area contributed by atoms with Gasteiger partial charge in [0.1, 0.15) is 11.5 Å². The highest BCUT2D eigenvalue weighted by molar-refractivity contribution is 5.64. The smallest absolute Gasteiger partial charge is 0.292 e. The second-order valence-corrected chi connectivity index (χ2v) is 4.44. The summed E-state index contributed by atoms with van der Waals surface area (Å²) in [4.78, 5) is 12.2. The first kappa shape index (κ1) is 11.8. The third-order valence-electron chi connectivity index (χ3n) is 3.15. The summed E-state index contributed by atoms with van der Waals surface area (Å²) in [6.07, 6.45) is 0. The number of benzene rings is 1. The van der Waals surface area contributed by atoms with Gasteiger partial charge in [0.2, 0.25) is 0 Å². The molecule has 2 N–H and O–H groups in total. The highest BCUT2D eigenvalue weighted by Crippen LogP contribution is 2.32. The predicted octanol–water partition coefficient (Wildman–Crippen LogP) is 1.52. The lowest BCUT2D eigenvalue weighted by Crippen LogP contribution is -2.28. The Balaban J connectivity index is 2.37. The third-order valence-corrected chi connectivity index (χ3v) is 3.15. The Morgan fingerprint density at radius 3 is 2.76 bits per heavy atom. The van der Waals surface area contributed by atoms with Gasteiger partial charge in [-0.25, -0.2) is 4.39 Å². The first-order valence-electron chi connectivity index (χ1n) is 5.43. The van der Waals surface area contributed by atoms with Gasteiger partial charge in [0.15, 0.2) is 0 Å². The normalized spacial score (nSPS) is 24.1. The van der Waals surface area contributed by atoms with Gasteiger partial charge in [0.05, 0.1) is 4.92 Å². The van der Waals surface area contributed by atoms with E-state index in [-0.39, 0.29) is 17.6 Å². The molecule has 1 heterocycles. The van der Waals surface area contributed by atoms with Gasteiger partial charge >= 0.3 is 0 Å². The largest absolute Gasteiger partial charge is 0.364 e. The maximum absolute atomic E-state index is 13.2. The summed E-state index contributed by atoms with van der Waals surface area (Å²) in [7, 11) is 0. The summed E-state index contributed by atoms with van der Waals surface area (Å²) in [5.74, 6) is -0.225. The van der Waals surface area contributed by atoms with E-state index in [0.717, 1.165) is 6.07 Å². The number of nitro benzene ring substituents is 1. The Hall–Kier alpha value is -1.69. The van der Waals surface area contributed by atoms with E-state index in [9.17, 15) is 14.5 Å². The molecule has 0 aliphatic carbocycles. The summed E-state index contributed by atoms with van der Waals surface area (Å²) in [5, 5.41) is 10.9. The highest BCUT2D eigenvalue weighted by atomic mass is 19.1. The van der Waals surface area contributed by atoms with E-state index < -0.39 is 10.7 Å². The molecule has 5 nitrogen and oxygen atoms in total. The molecule has 1 aliphatic heterocycles. The number of nitrogens with zero attached hydrogens (tertiary/aromatic N) is 2. The summed E-state index contributed by atoms with van der Waals surface area (Å²) in [6.45, 7) is 3.12. The molecule has 1 fully saturated rings. The van der Waals surface area contributed by atoms with Crippen molar-refractivity contribution in [1.29, 1.82) is 0 Å². The maximum atomic E-state index is 13.2. The quantitative estimate of drug-likeness (QED) is 0.627. The van der Waals surface area contributed by atoms with Crippen molar-refractivity contribution in [1.82, 2.24) is 0 Å². The number of rotatable bonds is 2. The maximum Gasteiger partial charge on any atom is 0.292 e. The molecule has 6 heteroatoms. The fourth-order valence-corrected chi connectivity index (χ4v) is 2.09. The topological polar surface area (TPSA) is 72.4 Å². The van der Waals surface area contributed by atoms with Crippen molar-refractivity contribution in [2.75, 3.05) is 18.0 Å². The van der Waals surface area contributed by atoms with Crippen LogP contribution in [0.5, 0.6) is 0 Å². The zero-order valence-electron chi connectivity index (χ0n) is 9.47. The van der Waals surface area contributed by atoms with Crippen molar-refractivity contribution in [2.24, 2.45) is 11.7 Å². The van der Waals surface area contributed by atoms with E-state index in [1.165, 1.54) is 12.1 Å². The summed E-state index contributed by atoms with van der Waals surface area (Å²) < 4.78 is 13.2. The van der Waals surface area contributed by atoms with Gasteiger partial charge in [0, 0.05) is 31.3 Å². The molecule has 0 radical (unpaired) electrons. The van der Waals surface area contributed by atoms with E-state index in [1.807, 2.05) is 6.92 Å². The van der Waals surface area contributed by atoms with Crippen LogP contribution in [0.1, 0.15) is 6.92 Å². The monoisotopic (exact) mass is 239 g/mol. The van der Waals surface area contributed by atoms with E-state index >= 15 is 0 Å². The zero-order chi connectivity index (χ0) is 12.6. The van der Waals surface area contributed by atoms with Crippen molar-refractivity contribution in [3.8, 4) is 0 Å². The predicted molar refractivity (Wildman–Crippen MR) is 62.4 cm³/mol. The Labute approximate surface area is 98.2 Å². The molecule has 17 heavy (non-hydrogen) atoms. The zero-order valence-corrected chi connectivity index (χ0v) is 9.47. The van der Waals surface area contributed by atoms with Crippen LogP contribution in [-0.2, 0) is 0 Å². The number of nitrogens with two attached hydrogens (primary N) is 1. The summed E-state index contributed by atoms with van der Waals surface area (Å²) >= 11 is 0. The van der Waals surface area contributed by atoms with Crippen LogP contribution in [0.25, 0.3) is 0 Å². The molecule has 2 rings (SSSR count). The number of halogens is 1. The van der Waals surface area contributed by atoms with Crippen molar-refractivity contribution in [2.45, 2.75) is 13.0 Å². The van der Waals surface area contributed by atoms with Gasteiger partial charge in [-0.1, -0.05) is 6.92 Å². The molecule has 2 atom stereocenters. The highest BCUT2D eigenvalue weighted by Gasteiger charge is 2.30. The number of anilines is 1. The number of hydrogen-bond donors (Lipinski definition) is 1. The van der Waals surface area contributed by atoms with Gasteiger partial charge in [-0.2, -0.15) is 0 Å². The Kier molecular flexibility index (Phi) is 2.97.